The highest BCUT2D eigenvalue weighted by molar-refractivity contribution is 5.43. The van der Waals surface area contributed by atoms with Gasteiger partial charge in [-0.05, 0) is 31.4 Å². The fraction of sp³-hybridized carbons (Fsp3) is 0.417. The lowest BCUT2D eigenvalue weighted by Crippen LogP contribution is -2.18. The topological polar surface area (TPSA) is 16.1 Å². The van der Waals surface area contributed by atoms with Gasteiger partial charge in [0.2, 0.25) is 0 Å². The molecule has 2 heteroatoms. The molecule has 0 atom stereocenters. The van der Waals surface area contributed by atoms with Crippen LogP contribution in [0.2, 0.25) is 0 Å². The molecule has 0 aliphatic heterocycles. The molecule has 1 rings (SSSR count). The van der Waals surface area contributed by atoms with Crippen molar-refractivity contribution in [3.8, 4) is 0 Å². The van der Waals surface area contributed by atoms with Crippen LogP contribution >= 0.6 is 0 Å². The summed E-state index contributed by atoms with van der Waals surface area (Å²) in [4.78, 5) is 6.25. The summed E-state index contributed by atoms with van der Waals surface area (Å²) in [6.45, 7) is 4.81. The molecule has 14 heavy (non-hydrogen) atoms. The van der Waals surface area contributed by atoms with E-state index >= 15 is 0 Å². The SMILES string of the molecule is C=CCCCCN(C)c1ccncc1. The fourth-order valence-electron chi connectivity index (χ4n) is 1.37. The van der Waals surface area contributed by atoms with Crippen molar-refractivity contribution >= 4 is 5.69 Å². The molecule has 2 nitrogen and oxygen atoms in total. The first kappa shape index (κ1) is 10.8. The van der Waals surface area contributed by atoms with Crippen LogP contribution in [0.25, 0.3) is 0 Å². The van der Waals surface area contributed by atoms with Crippen LogP contribution in [-0.2, 0) is 0 Å². The number of unbranched alkanes of at least 4 members (excludes halogenated alkanes) is 2. The normalized spacial score (nSPS) is 9.79. The average molecular weight is 190 g/mol. The lowest BCUT2D eigenvalue weighted by atomic mass is 10.2. The second-order valence-electron chi connectivity index (χ2n) is 3.41. The van der Waals surface area contributed by atoms with Gasteiger partial charge >= 0.3 is 0 Å². The molecular formula is C12H18N2. The van der Waals surface area contributed by atoms with Crippen LogP contribution in [0.4, 0.5) is 5.69 Å². The molecule has 0 fully saturated rings. The second-order valence-corrected chi connectivity index (χ2v) is 3.41. The highest BCUT2D eigenvalue weighted by Gasteiger charge is 1.98. The van der Waals surface area contributed by atoms with Crippen molar-refractivity contribution in [2.24, 2.45) is 0 Å². The van der Waals surface area contributed by atoms with E-state index in [9.17, 15) is 0 Å². The molecule has 0 N–H and O–H groups in total. The van der Waals surface area contributed by atoms with Gasteiger partial charge in [0.15, 0.2) is 0 Å². The zero-order valence-corrected chi connectivity index (χ0v) is 8.82. The first-order chi connectivity index (χ1) is 6.84. The van der Waals surface area contributed by atoms with Gasteiger partial charge in [-0.2, -0.15) is 0 Å². The minimum absolute atomic E-state index is 1.10. The van der Waals surface area contributed by atoms with E-state index in [-0.39, 0.29) is 0 Å². The largest absolute Gasteiger partial charge is 0.375 e. The smallest absolute Gasteiger partial charge is 0.0394 e. The molecule has 0 aromatic carbocycles. The molecule has 0 spiro atoms. The Morgan fingerprint density at radius 3 is 2.71 bits per heavy atom. The van der Waals surface area contributed by atoms with E-state index in [0.717, 1.165) is 13.0 Å². The summed E-state index contributed by atoms with van der Waals surface area (Å²) in [5, 5.41) is 0. The minimum atomic E-state index is 1.10. The zero-order chi connectivity index (χ0) is 10.2. The highest BCUT2D eigenvalue weighted by Crippen LogP contribution is 2.10. The van der Waals surface area contributed by atoms with Gasteiger partial charge in [0.1, 0.15) is 0 Å². The summed E-state index contributed by atoms with van der Waals surface area (Å²) in [5.41, 5.74) is 1.23. The van der Waals surface area contributed by atoms with Crippen LogP contribution in [0, 0.1) is 0 Å². The first-order valence-corrected chi connectivity index (χ1v) is 5.06. The molecule has 1 heterocycles. The number of nitrogens with zero attached hydrogens (tertiary/aromatic N) is 2. The molecule has 0 unspecified atom stereocenters. The molecule has 0 aliphatic rings. The van der Waals surface area contributed by atoms with Gasteiger partial charge in [-0.3, -0.25) is 4.98 Å². The van der Waals surface area contributed by atoms with E-state index in [2.05, 4.69) is 23.5 Å². The maximum absolute atomic E-state index is 4.00. The van der Waals surface area contributed by atoms with Gasteiger partial charge in [0.25, 0.3) is 0 Å². The van der Waals surface area contributed by atoms with Gasteiger partial charge in [-0.15, -0.1) is 6.58 Å². The number of rotatable bonds is 6. The number of hydrogen-bond acceptors (Lipinski definition) is 2. The summed E-state index contributed by atoms with van der Waals surface area (Å²) in [5.74, 6) is 0. The molecular weight excluding hydrogens is 172 g/mol. The molecule has 0 saturated heterocycles. The van der Waals surface area contributed by atoms with E-state index in [1.807, 2.05) is 30.6 Å². The van der Waals surface area contributed by atoms with Crippen molar-refractivity contribution in [2.45, 2.75) is 19.3 Å². The number of pyridine rings is 1. The summed E-state index contributed by atoms with van der Waals surface area (Å²) < 4.78 is 0. The van der Waals surface area contributed by atoms with Crippen LogP contribution in [-0.4, -0.2) is 18.6 Å². The Kier molecular flexibility index (Phi) is 4.76. The van der Waals surface area contributed by atoms with Gasteiger partial charge in [-0.25, -0.2) is 0 Å². The van der Waals surface area contributed by atoms with Crippen LogP contribution in [0.5, 0.6) is 0 Å². The Bertz CT molecular complexity index is 256. The maximum atomic E-state index is 4.00. The van der Waals surface area contributed by atoms with E-state index in [4.69, 9.17) is 0 Å². The third-order valence-electron chi connectivity index (χ3n) is 2.26. The monoisotopic (exact) mass is 190 g/mol. The summed E-state index contributed by atoms with van der Waals surface area (Å²) in [7, 11) is 2.11. The summed E-state index contributed by atoms with van der Waals surface area (Å²) in [6.07, 6.45) is 9.19. The van der Waals surface area contributed by atoms with Crippen molar-refractivity contribution in [3.63, 3.8) is 0 Å². The van der Waals surface area contributed by atoms with Crippen molar-refractivity contribution in [3.05, 3.63) is 37.2 Å². The summed E-state index contributed by atoms with van der Waals surface area (Å²) >= 11 is 0. The number of allylic oxidation sites excluding steroid dienone is 1. The van der Waals surface area contributed by atoms with E-state index in [0.29, 0.717) is 0 Å². The van der Waals surface area contributed by atoms with Gasteiger partial charge in [-0.1, -0.05) is 6.08 Å². The van der Waals surface area contributed by atoms with Crippen LogP contribution in [0.3, 0.4) is 0 Å². The van der Waals surface area contributed by atoms with Gasteiger partial charge < -0.3 is 4.90 Å². The fourth-order valence-corrected chi connectivity index (χ4v) is 1.37. The van der Waals surface area contributed by atoms with Crippen LogP contribution < -0.4 is 4.90 Å². The standard InChI is InChI=1S/C12H18N2/c1-3-4-5-6-11-14(2)12-7-9-13-10-8-12/h3,7-10H,1,4-6,11H2,2H3. The molecule has 0 amide bonds. The first-order valence-electron chi connectivity index (χ1n) is 5.06. The van der Waals surface area contributed by atoms with Gasteiger partial charge in [0.05, 0.1) is 0 Å². The molecule has 0 radical (unpaired) electrons. The van der Waals surface area contributed by atoms with Crippen molar-refractivity contribution in [1.29, 1.82) is 0 Å². The lowest BCUT2D eigenvalue weighted by molar-refractivity contribution is 0.730. The minimum Gasteiger partial charge on any atom is -0.375 e. The third kappa shape index (κ3) is 3.60. The van der Waals surface area contributed by atoms with E-state index < -0.39 is 0 Å². The number of anilines is 1. The van der Waals surface area contributed by atoms with E-state index in [1.54, 1.807) is 0 Å². The Morgan fingerprint density at radius 2 is 2.07 bits per heavy atom. The number of aromatic nitrogens is 1. The Hall–Kier alpha value is -1.31. The van der Waals surface area contributed by atoms with Gasteiger partial charge in [0, 0.05) is 31.7 Å². The Morgan fingerprint density at radius 1 is 1.36 bits per heavy atom. The highest BCUT2D eigenvalue weighted by atomic mass is 15.1. The molecule has 1 aromatic rings. The molecule has 0 saturated carbocycles. The predicted octanol–water partition coefficient (Wildman–Crippen LogP) is 2.87. The van der Waals surface area contributed by atoms with Crippen molar-refractivity contribution in [1.82, 2.24) is 4.98 Å². The Labute approximate surface area is 86.3 Å². The number of hydrogen-bond donors (Lipinski definition) is 0. The summed E-state index contributed by atoms with van der Waals surface area (Å²) in [6, 6.07) is 4.07. The molecule has 0 aliphatic carbocycles. The quantitative estimate of drug-likeness (QED) is 0.506. The molecule has 0 bridgehead atoms. The van der Waals surface area contributed by atoms with E-state index in [1.165, 1.54) is 18.5 Å². The molecule has 76 valence electrons. The van der Waals surface area contributed by atoms with Crippen LogP contribution in [0.15, 0.2) is 37.2 Å². The molecule has 1 aromatic heterocycles. The lowest BCUT2D eigenvalue weighted by Gasteiger charge is -2.18. The Balaban J connectivity index is 2.28. The predicted molar refractivity (Wildman–Crippen MR) is 61.6 cm³/mol. The third-order valence-corrected chi connectivity index (χ3v) is 2.26. The second kappa shape index (κ2) is 6.19. The zero-order valence-electron chi connectivity index (χ0n) is 8.82. The van der Waals surface area contributed by atoms with Crippen molar-refractivity contribution in [2.75, 3.05) is 18.5 Å². The van der Waals surface area contributed by atoms with Crippen LogP contribution in [0.1, 0.15) is 19.3 Å². The average Bonchev–Trinajstić information content (AvgIpc) is 2.25. The van der Waals surface area contributed by atoms with Crippen molar-refractivity contribution < 1.29 is 0 Å². The maximum Gasteiger partial charge on any atom is 0.0394 e.